The normalized spacial score (nSPS) is 10.9. The van der Waals surface area contributed by atoms with Crippen molar-refractivity contribution in [1.82, 2.24) is 9.47 Å². The molecule has 4 heteroatoms. The van der Waals surface area contributed by atoms with Crippen LogP contribution in [0, 0.1) is 0 Å². The molecule has 1 rings (SSSR count). The Kier molecular flexibility index (Phi) is 4.37. The van der Waals surface area contributed by atoms with Gasteiger partial charge in [0.15, 0.2) is 0 Å². The first-order valence-electron chi connectivity index (χ1n) is 5.35. The van der Waals surface area contributed by atoms with Crippen LogP contribution in [0.1, 0.15) is 24.2 Å². The molecule has 0 atom stereocenters. The number of primary amides is 1. The zero-order valence-corrected chi connectivity index (χ0v) is 9.44. The van der Waals surface area contributed by atoms with Crippen LogP contribution in [-0.2, 0) is 6.54 Å². The molecule has 0 aliphatic carbocycles. The van der Waals surface area contributed by atoms with Gasteiger partial charge in [0.25, 0.3) is 0 Å². The van der Waals surface area contributed by atoms with Crippen LogP contribution in [0.2, 0.25) is 0 Å². The van der Waals surface area contributed by atoms with Crippen LogP contribution in [0.25, 0.3) is 0 Å². The number of likely N-dealkylation sites (N-methyl/N-ethyl adjacent to an activating group) is 1. The predicted molar refractivity (Wildman–Crippen MR) is 60.7 cm³/mol. The number of carbonyl (C=O) groups is 1. The SMILES string of the molecule is CCN(CC)CCn1ccc(C(N)=O)c1. The van der Waals surface area contributed by atoms with E-state index in [1.54, 1.807) is 12.3 Å². The Hall–Kier alpha value is -1.29. The lowest BCUT2D eigenvalue weighted by atomic mass is 10.3. The van der Waals surface area contributed by atoms with Gasteiger partial charge in [0.1, 0.15) is 0 Å². The number of nitrogens with zero attached hydrogens (tertiary/aromatic N) is 2. The molecule has 0 aliphatic heterocycles. The third kappa shape index (κ3) is 3.40. The largest absolute Gasteiger partial charge is 0.366 e. The zero-order chi connectivity index (χ0) is 11.3. The second-order valence-electron chi connectivity index (χ2n) is 3.53. The zero-order valence-electron chi connectivity index (χ0n) is 9.44. The van der Waals surface area contributed by atoms with E-state index in [0.29, 0.717) is 5.56 Å². The van der Waals surface area contributed by atoms with Crippen molar-refractivity contribution in [2.45, 2.75) is 20.4 Å². The first-order valence-corrected chi connectivity index (χ1v) is 5.35. The minimum Gasteiger partial charge on any atom is -0.366 e. The van der Waals surface area contributed by atoms with Crippen molar-refractivity contribution < 1.29 is 4.79 Å². The summed E-state index contributed by atoms with van der Waals surface area (Å²) in [6.07, 6.45) is 3.69. The summed E-state index contributed by atoms with van der Waals surface area (Å²) in [5, 5.41) is 0. The van der Waals surface area contributed by atoms with E-state index in [4.69, 9.17) is 5.73 Å². The summed E-state index contributed by atoms with van der Waals surface area (Å²) in [5.74, 6) is -0.364. The Labute approximate surface area is 90.7 Å². The molecule has 84 valence electrons. The highest BCUT2D eigenvalue weighted by Gasteiger charge is 2.03. The molecule has 0 saturated heterocycles. The van der Waals surface area contributed by atoms with Gasteiger partial charge in [0, 0.05) is 25.5 Å². The molecule has 1 aromatic heterocycles. The third-order valence-electron chi connectivity index (χ3n) is 2.60. The summed E-state index contributed by atoms with van der Waals surface area (Å²) < 4.78 is 2.00. The van der Waals surface area contributed by atoms with E-state index >= 15 is 0 Å². The van der Waals surface area contributed by atoms with Crippen LogP contribution in [-0.4, -0.2) is 35.0 Å². The smallest absolute Gasteiger partial charge is 0.250 e. The van der Waals surface area contributed by atoms with Gasteiger partial charge in [-0.3, -0.25) is 4.79 Å². The topological polar surface area (TPSA) is 51.3 Å². The van der Waals surface area contributed by atoms with Gasteiger partial charge in [-0.1, -0.05) is 13.8 Å². The van der Waals surface area contributed by atoms with Gasteiger partial charge in [-0.15, -0.1) is 0 Å². The molecule has 2 N–H and O–H groups in total. The molecule has 0 fully saturated rings. The molecular formula is C11H19N3O. The summed E-state index contributed by atoms with van der Waals surface area (Å²) in [7, 11) is 0. The number of hydrogen-bond acceptors (Lipinski definition) is 2. The lowest BCUT2D eigenvalue weighted by Gasteiger charge is -2.17. The second-order valence-corrected chi connectivity index (χ2v) is 3.53. The van der Waals surface area contributed by atoms with Gasteiger partial charge >= 0.3 is 0 Å². The monoisotopic (exact) mass is 209 g/mol. The molecule has 0 aromatic carbocycles. The molecule has 1 aromatic rings. The van der Waals surface area contributed by atoms with E-state index in [-0.39, 0.29) is 5.91 Å². The Morgan fingerprint density at radius 3 is 2.60 bits per heavy atom. The van der Waals surface area contributed by atoms with Crippen molar-refractivity contribution in [3.05, 3.63) is 24.0 Å². The van der Waals surface area contributed by atoms with Gasteiger partial charge in [0.2, 0.25) is 5.91 Å². The number of amides is 1. The van der Waals surface area contributed by atoms with Crippen molar-refractivity contribution in [2.24, 2.45) is 5.73 Å². The van der Waals surface area contributed by atoms with Crippen molar-refractivity contribution in [1.29, 1.82) is 0 Å². The standard InChI is InChI=1S/C11H19N3O/c1-3-13(4-2)7-8-14-6-5-10(9-14)11(12)15/h5-6,9H,3-4,7-8H2,1-2H3,(H2,12,15). The number of carbonyl (C=O) groups excluding carboxylic acids is 1. The number of nitrogens with two attached hydrogens (primary N) is 1. The van der Waals surface area contributed by atoms with Crippen LogP contribution in [0.3, 0.4) is 0 Å². The molecule has 4 nitrogen and oxygen atoms in total. The minimum atomic E-state index is -0.364. The van der Waals surface area contributed by atoms with Crippen LogP contribution in [0.5, 0.6) is 0 Å². The fraction of sp³-hybridized carbons (Fsp3) is 0.545. The quantitative estimate of drug-likeness (QED) is 0.757. The molecule has 0 spiro atoms. The summed E-state index contributed by atoms with van der Waals surface area (Å²) >= 11 is 0. The highest BCUT2D eigenvalue weighted by atomic mass is 16.1. The molecule has 0 bridgehead atoms. The van der Waals surface area contributed by atoms with Gasteiger partial charge in [-0.25, -0.2) is 0 Å². The molecule has 1 amide bonds. The van der Waals surface area contributed by atoms with Gasteiger partial charge in [-0.2, -0.15) is 0 Å². The van der Waals surface area contributed by atoms with E-state index in [1.165, 1.54) is 0 Å². The fourth-order valence-electron chi connectivity index (χ4n) is 1.52. The first kappa shape index (κ1) is 11.8. The Morgan fingerprint density at radius 1 is 1.47 bits per heavy atom. The van der Waals surface area contributed by atoms with E-state index in [1.807, 2.05) is 10.8 Å². The van der Waals surface area contributed by atoms with Crippen molar-refractivity contribution >= 4 is 5.91 Å². The molecular weight excluding hydrogens is 190 g/mol. The second kappa shape index (κ2) is 5.56. The average molecular weight is 209 g/mol. The number of rotatable bonds is 6. The minimum absolute atomic E-state index is 0.364. The van der Waals surface area contributed by atoms with Gasteiger partial charge in [0.05, 0.1) is 5.56 Å². The molecule has 0 radical (unpaired) electrons. The summed E-state index contributed by atoms with van der Waals surface area (Å²) in [6, 6.07) is 1.75. The number of aromatic nitrogens is 1. The highest BCUT2D eigenvalue weighted by Crippen LogP contribution is 2.00. The summed E-state index contributed by atoms with van der Waals surface area (Å²) in [6.45, 7) is 8.30. The van der Waals surface area contributed by atoms with E-state index in [0.717, 1.165) is 26.2 Å². The van der Waals surface area contributed by atoms with Crippen LogP contribution in [0.4, 0.5) is 0 Å². The average Bonchev–Trinajstić information content (AvgIpc) is 2.68. The van der Waals surface area contributed by atoms with Crippen molar-refractivity contribution in [2.75, 3.05) is 19.6 Å². The predicted octanol–water partition coefficient (Wildman–Crippen LogP) is 0.929. The van der Waals surface area contributed by atoms with Crippen LogP contribution in [0.15, 0.2) is 18.5 Å². The van der Waals surface area contributed by atoms with E-state index in [2.05, 4.69) is 18.7 Å². The van der Waals surface area contributed by atoms with Crippen LogP contribution >= 0.6 is 0 Å². The van der Waals surface area contributed by atoms with E-state index < -0.39 is 0 Å². The Balaban J connectivity index is 2.47. The third-order valence-corrected chi connectivity index (χ3v) is 2.60. The van der Waals surface area contributed by atoms with E-state index in [9.17, 15) is 4.79 Å². The van der Waals surface area contributed by atoms with Crippen LogP contribution < -0.4 is 5.73 Å². The molecule has 15 heavy (non-hydrogen) atoms. The summed E-state index contributed by atoms with van der Waals surface area (Å²) in [5.41, 5.74) is 5.75. The highest BCUT2D eigenvalue weighted by molar-refractivity contribution is 5.92. The van der Waals surface area contributed by atoms with Crippen molar-refractivity contribution in [3.8, 4) is 0 Å². The van der Waals surface area contributed by atoms with Crippen molar-refractivity contribution in [3.63, 3.8) is 0 Å². The van der Waals surface area contributed by atoms with Gasteiger partial charge in [-0.05, 0) is 19.2 Å². The fourth-order valence-corrected chi connectivity index (χ4v) is 1.52. The molecule has 1 heterocycles. The first-order chi connectivity index (χ1) is 7.17. The lowest BCUT2D eigenvalue weighted by Crippen LogP contribution is -2.26. The maximum atomic E-state index is 10.9. The molecule has 0 aliphatic rings. The summed E-state index contributed by atoms with van der Waals surface area (Å²) in [4.78, 5) is 13.2. The number of hydrogen-bond donors (Lipinski definition) is 1. The Bertz CT molecular complexity index is 315. The maximum Gasteiger partial charge on any atom is 0.250 e. The molecule has 0 saturated carbocycles. The maximum absolute atomic E-state index is 10.9. The lowest BCUT2D eigenvalue weighted by molar-refractivity contribution is 0.1000. The van der Waals surface area contributed by atoms with Gasteiger partial charge < -0.3 is 15.2 Å². The Morgan fingerprint density at radius 2 is 2.13 bits per heavy atom. The molecule has 0 unspecified atom stereocenters.